The Morgan fingerprint density at radius 3 is 2.86 bits per heavy atom. The topological polar surface area (TPSA) is 55.1 Å². The van der Waals surface area contributed by atoms with E-state index in [0.29, 0.717) is 10.6 Å². The molecular formula is C18H19ClN2O. The number of carbonyl (C=O) groups is 1. The lowest BCUT2D eigenvalue weighted by Gasteiger charge is -2.26. The third kappa shape index (κ3) is 3.09. The number of halogens is 1. The molecule has 4 heteroatoms. The van der Waals surface area contributed by atoms with Crippen molar-refractivity contribution >= 4 is 23.2 Å². The number of nitrogens with two attached hydrogens (primary N) is 1. The number of nitrogen functional groups attached to an aromatic ring is 1. The number of nitrogens with one attached hydrogen (secondary N) is 1. The van der Waals surface area contributed by atoms with Gasteiger partial charge in [0.1, 0.15) is 0 Å². The van der Waals surface area contributed by atoms with E-state index in [9.17, 15) is 4.79 Å². The van der Waals surface area contributed by atoms with Gasteiger partial charge in [0, 0.05) is 16.3 Å². The Balaban J connectivity index is 1.83. The monoisotopic (exact) mass is 314 g/mol. The van der Waals surface area contributed by atoms with Gasteiger partial charge < -0.3 is 11.1 Å². The minimum absolute atomic E-state index is 0.0381. The zero-order valence-electron chi connectivity index (χ0n) is 12.5. The second-order valence-electron chi connectivity index (χ2n) is 5.89. The number of anilines is 1. The zero-order valence-corrected chi connectivity index (χ0v) is 13.3. The highest BCUT2D eigenvalue weighted by Crippen LogP contribution is 2.31. The third-order valence-corrected chi connectivity index (χ3v) is 4.31. The van der Waals surface area contributed by atoms with Crippen LogP contribution in [0.5, 0.6) is 0 Å². The van der Waals surface area contributed by atoms with Crippen LogP contribution >= 0.6 is 11.6 Å². The van der Waals surface area contributed by atoms with Crippen LogP contribution in [0.4, 0.5) is 5.69 Å². The maximum atomic E-state index is 12.5. The molecule has 1 atom stereocenters. The van der Waals surface area contributed by atoms with Crippen molar-refractivity contribution in [3.05, 3.63) is 63.7 Å². The number of fused-ring (bicyclic) bond motifs is 1. The molecule has 1 amide bonds. The molecule has 0 bridgehead atoms. The molecule has 0 saturated carbocycles. The zero-order chi connectivity index (χ0) is 15.7. The van der Waals surface area contributed by atoms with Gasteiger partial charge in [-0.15, -0.1) is 0 Å². The molecule has 3 nitrogen and oxygen atoms in total. The van der Waals surface area contributed by atoms with E-state index >= 15 is 0 Å². The normalized spacial score (nSPS) is 16.9. The van der Waals surface area contributed by atoms with Gasteiger partial charge in [0.15, 0.2) is 0 Å². The maximum absolute atomic E-state index is 12.5. The number of amides is 1. The molecule has 3 rings (SSSR count). The van der Waals surface area contributed by atoms with E-state index in [1.807, 2.05) is 37.3 Å². The Labute approximate surface area is 135 Å². The van der Waals surface area contributed by atoms with Crippen LogP contribution in [-0.2, 0) is 6.42 Å². The molecule has 2 aromatic carbocycles. The number of hydrogen-bond acceptors (Lipinski definition) is 2. The summed E-state index contributed by atoms with van der Waals surface area (Å²) < 4.78 is 0. The van der Waals surface area contributed by atoms with Crippen LogP contribution in [0.1, 0.15) is 45.9 Å². The average molecular weight is 315 g/mol. The predicted molar refractivity (Wildman–Crippen MR) is 90.2 cm³/mol. The first-order valence-electron chi connectivity index (χ1n) is 7.49. The summed E-state index contributed by atoms with van der Waals surface area (Å²) in [6, 6.07) is 11.4. The number of rotatable bonds is 2. The van der Waals surface area contributed by atoms with Crippen LogP contribution in [-0.4, -0.2) is 5.91 Å². The first-order valence-corrected chi connectivity index (χ1v) is 7.87. The van der Waals surface area contributed by atoms with Crippen LogP contribution in [0, 0.1) is 6.92 Å². The molecule has 0 heterocycles. The minimum atomic E-state index is -0.0831. The van der Waals surface area contributed by atoms with E-state index in [4.69, 9.17) is 17.3 Å². The van der Waals surface area contributed by atoms with E-state index < -0.39 is 0 Å². The standard InChI is InChI=1S/C18H19ClN2O/c1-11-7-13(9-14(19)8-11)18(22)21-17-4-2-3-12-10-15(20)5-6-16(12)17/h5-10,17H,2-4,20H2,1H3,(H,21,22). The Morgan fingerprint density at radius 2 is 2.09 bits per heavy atom. The lowest BCUT2D eigenvalue weighted by Crippen LogP contribution is -2.31. The van der Waals surface area contributed by atoms with Gasteiger partial charge in [-0.1, -0.05) is 17.7 Å². The van der Waals surface area contributed by atoms with E-state index in [0.717, 1.165) is 30.5 Å². The Kier molecular flexibility index (Phi) is 4.08. The van der Waals surface area contributed by atoms with E-state index in [1.165, 1.54) is 11.1 Å². The molecule has 0 aromatic heterocycles. The van der Waals surface area contributed by atoms with Crippen LogP contribution in [0.25, 0.3) is 0 Å². The fourth-order valence-corrected chi connectivity index (χ4v) is 3.38. The summed E-state index contributed by atoms with van der Waals surface area (Å²) >= 11 is 6.04. The largest absolute Gasteiger partial charge is 0.399 e. The number of aryl methyl sites for hydroxylation is 2. The van der Waals surface area contributed by atoms with Gasteiger partial charge in [0.05, 0.1) is 6.04 Å². The summed E-state index contributed by atoms with van der Waals surface area (Å²) in [5, 5.41) is 3.71. The van der Waals surface area contributed by atoms with Crippen molar-refractivity contribution in [2.75, 3.05) is 5.73 Å². The smallest absolute Gasteiger partial charge is 0.251 e. The van der Waals surface area contributed by atoms with Crippen molar-refractivity contribution in [1.29, 1.82) is 0 Å². The van der Waals surface area contributed by atoms with Crippen LogP contribution in [0.2, 0.25) is 5.02 Å². The SMILES string of the molecule is Cc1cc(Cl)cc(C(=O)NC2CCCc3cc(N)ccc32)c1. The van der Waals surface area contributed by atoms with Gasteiger partial charge >= 0.3 is 0 Å². The Bertz CT molecular complexity index is 707. The molecular weight excluding hydrogens is 296 g/mol. The quantitative estimate of drug-likeness (QED) is 0.822. The molecule has 0 aliphatic heterocycles. The van der Waals surface area contributed by atoms with Gasteiger partial charge in [-0.25, -0.2) is 0 Å². The molecule has 0 radical (unpaired) electrons. The Morgan fingerprint density at radius 1 is 1.27 bits per heavy atom. The summed E-state index contributed by atoms with van der Waals surface area (Å²) in [5.41, 5.74) is 10.6. The minimum Gasteiger partial charge on any atom is -0.399 e. The van der Waals surface area contributed by atoms with Gasteiger partial charge in [0.2, 0.25) is 0 Å². The highest BCUT2D eigenvalue weighted by molar-refractivity contribution is 6.31. The Hall–Kier alpha value is -2.00. The molecule has 3 N–H and O–H groups in total. The molecule has 0 fully saturated rings. The number of carbonyl (C=O) groups excluding carboxylic acids is 1. The maximum Gasteiger partial charge on any atom is 0.251 e. The van der Waals surface area contributed by atoms with Crippen molar-refractivity contribution < 1.29 is 4.79 Å². The molecule has 0 saturated heterocycles. The summed E-state index contributed by atoms with van der Waals surface area (Å²) in [4.78, 5) is 12.5. The van der Waals surface area contributed by atoms with Crippen molar-refractivity contribution in [3.8, 4) is 0 Å². The van der Waals surface area contributed by atoms with Crippen LogP contribution < -0.4 is 11.1 Å². The van der Waals surface area contributed by atoms with Crippen molar-refractivity contribution in [1.82, 2.24) is 5.32 Å². The molecule has 22 heavy (non-hydrogen) atoms. The third-order valence-electron chi connectivity index (χ3n) is 4.09. The molecule has 1 aliphatic carbocycles. The van der Waals surface area contributed by atoms with E-state index in [-0.39, 0.29) is 11.9 Å². The summed E-state index contributed by atoms with van der Waals surface area (Å²) in [6.07, 6.45) is 3.02. The molecule has 2 aromatic rings. The second kappa shape index (κ2) is 6.01. The van der Waals surface area contributed by atoms with Gasteiger partial charge in [0.25, 0.3) is 5.91 Å². The fraction of sp³-hybridized carbons (Fsp3) is 0.278. The van der Waals surface area contributed by atoms with Gasteiger partial charge in [-0.3, -0.25) is 4.79 Å². The van der Waals surface area contributed by atoms with Gasteiger partial charge in [-0.05, 0) is 73.2 Å². The number of hydrogen-bond donors (Lipinski definition) is 2. The fourth-order valence-electron chi connectivity index (χ4n) is 3.09. The first kappa shape index (κ1) is 14.9. The molecule has 0 spiro atoms. The summed E-state index contributed by atoms with van der Waals surface area (Å²) in [5.74, 6) is -0.0831. The van der Waals surface area contributed by atoms with E-state index in [2.05, 4.69) is 5.32 Å². The average Bonchev–Trinajstić information content (AvgIpc) is 2.46. The molecule has 1 aliphatic rings. The predicted octanol–water partition coefficient (Wildman–Crippen LogP) is 4.04. The summed E-state index contributed by atoms with van der Waals surface area (Å²) in [6.45, 7) is 1.93. The first-order chi connectivity index (χ1) is 10.5. The van der Waals surface area contributed by atoms with Crippen molar-refractivity contribution in [2.24, 2.45) is 0 Å². The van der Waals surface area contributed by atoms with Crippen LogP contribution in [0.3, 0.4) is 0 Å². The highest BCUT2D eigenvalue weighted by atomic mass is 35.5. The lowest BCUT2D eigenvalue weighted by atomic mass is 9.87. The highest BCUT2D eigenvalue weighted by Gasteiger charge is 2.22. The number of benzene rings is 2. The van der Waals surface area contributed by atoms with Crippen LogP contribution in [0.15, 0.2) is 36.4 Å². The van der Waals surface area contributed by atoms with Gasteiger partial charge in [-0.2, -0.15) is 0 Å². The van der Waals surface area contributed by atoms with E-state index in [1.54, 1.807) is 6.07 Å². The lowest BCUT2D eigenvalue weighted by molar-refractivity contribution is 0.0932. The summed E-state index contributed by atoms with van der Waals surface area (Å²) in [7, 11) is 0. The molecule has 114 valence electrons. The molecule has 1 unspecified atom stereocenters. The second-order valence-corrected chi connectivity index (χ2v) is 6.33. The van der Waals surface area contributed by atoms with Crippen molar-refractivity contribution in [3.63, 3.8) is 0 Å². The van der Waals surface area contributed by atoms with Crippen molar-refractivity contribution in [2.45, 2.75) is 32.2 Å².